The number of halogens is 5. The van der Waals surface area contributed by atoms with Gasteiger partial charge in [0.15, 0.2) is 0 Å². The Morgan fingerprint density at radius 1 is 1.05 bits per heavy atom. The molecular weight excluding hydrogens is 466 g/mol. The van der Waals surface area contributed by atoms with Crippen LogP contribution in [0.1, 0.15) is 5.56 Å². The van der Waals surface area contributed by atoms with E-state index in [0.29, 0.717) is 16.0 Å². The van der Waals surface area contributed by atoms with E-state index in [1.165, 1.54) is 12.1 Å². The summed E-state index contributed by atoms with van der Waals surface area (Å²) in [5.74, 6) is 0.453. The van der Waals surface area contributed by atoms with Crippen molar-refractivity contribution in [1.82, 2.24) is 0 Å². The van der Waals surface area contributed by atoms with Gasteiger partial charge in [0.2, 0.25) is 0 Å². The van der Waals surface area contributed by atoms with Gasteiger partial charge in [-0.2, -0.15) is 0 Å². The molecule has 0 aliphatic carbocycles. The van der Waals surface area contributed by atoms with Gasteiger partial charge in [-0.3, -0.25) is 0 Å². The minimum Gasteiger partial charge on any atom is -0.455 e. The van der Waals surface area contributed by atoms with Crippen molar-refractivity contribution < 1.29 is 9.13 Å². The quantitative estimate of drug-likeness (QED) is 0.357. The van der Waals surface area contributed by atoms with Crippen LogP contribution in [0, 0.1) is 5.82 Å². The van der Waals surface area contributed by atoms with Gasteiger partial charge in [0.25, 0.3) is 0 Å². The standard InChI is InChI=1S/C13H7Br3ClFO/c14-6-7-1-2-12(8(15)3-7)19-13-5-11(18)10(17)4-9(13)16/h1-5H,6H2. The highest BCUT2D eigenvalue weighted by molar-refractivity contribution is 9.11. The number of hydrogen-bond donors (Lipinski definition) is 0. The number of alkyl halides is 1. The summed E-state index contributed by atoms with van der Waals surface area (Å²) in [5, 5.41) is 0.804. The van der Waals surface area contributed by atoms with Gasteiger partial charge in [0.1, 0.15) is 17.3 Å². The summed E-state index contributed by atoms with van der Waals surface area (Å²) in [7, 11) is 0. The van der Waals surface area contributed by atoms with Gasteiger partial charge in [-0.05, 0) is 55.6 Å². The Balaban J connectivity index is 2.33. The maximum atomic E-state index is 13.4. The number of hydrogen-bond acceptors (Lipinski definition) is 1. The van der Waals surface area contributed by atoms with Crippen molar-refractivity contribution in [1.29, 1.82) is 0 Å². The largest absolute Gasteiger partial charge is 0.455 e. The van der Waals surface area contributed by atoms with Crippen molar-refractivity contribution in [3.8, 4) is 11.5 Å². The van der Waals surface area contributed by atoms with Crippen LogP contribution < -0.4 is 4.74 Å². The third-order valence-electron chi connectivity index (χ3n) is 2.35. The summed E-state index contributed by atoms with van der Waals surface area (Å²) in [6.45, 7) is 0. The highest BCUT2D eigenvalue weighted by Crippen LogP contribution is 2.36. The molecule has 0 saturated heterocycles. The monoisotopic (exact) mass is 470 g/mol. The molecule has 2 aromatic rings. The van der Waals surface area contributed by atoms with Gasteiger partial charge >= 0.3 is 0 Å². The van der Waals surface area contributed by atoms with Crippen LogP contribution in [0.15, 0.2) is 39.3 Å². The number of ether oxygens (including phenoxy) is 1. The molecule has 0 amide bonds. The lowest BCUT2D eigenvalue weighted by atomic mass is 10.2. The molecule has 2 rings (SSSR count). The molecule has 2 aromatic carbocycles. The first-order valence-electron chi connectivity index (χ1n) is 5.18. The molecule has 0 aromatic heterocycles. The molecular formula is C13H7Br3ClFO. The molecule has 0 N–H and O–H groups in total. The lowest BCUT2D eigenvalue weighted by Gasteiger charge is -2.11. The van der Waals surface area contributed by atoms with Crippen LogP contribution in [0.5, 0.6) is 11.5 Å². The molecule has 0 radical (unpaired) electrons. The van der Waals surface area contributed by atoms with Crippen molar-refractivity contribution in [2.24, 2.45) is 0 Å². The van der Waals surface area contributed by atoms with Crippen molar-refractivity contribution >= 4 is 59.4 Å². The van der Waals surface area contributed by atoms with E-state index in [-0.39, 0.29) is 5.02 Å². The first-order chi connectivity index (χ1) is 9.01. The second kappa shape index (κ2) is 6.57. The first-order valence-corrected chi connectivity index (χ1v) is 8.26. The van der Waals surface area contributed by atoms with E-state index in [1.807, 2.05) is 18.2 Å². The summed E-state index contributed by atoms with van der Waals surface area (Å²) >= 11 is 15.8. The highest BCUT2D eigenvalue weighted by Gasteiger charge is 2.10. The van der Waals surface area contributed by atoms with E-state index in [2.05, 4.69) is 47.8 Å². The Kier molecular flexibility index (Phi) is 5.29. The van der Waals surface area contributed by atoms with Crippen LogP contribution in [0.25, 0.3) is 0 Å². The van der Waals surface area contributed by atoms with Gasteiger partial charge in [0.05, 0.1) is 14.0 Å². The molecule has 1 nitrogen and oxygen atoms in total. The second-order valence-electron chi connectivity index (χ2n) is 3.70. The number of rotatable bonds is 3. The third kappa shape index (κ3) is 3.72. The van der Waals surface area contributed by atoms with Crippen LogP contribution in [0.2, 0.25) is 5.02 Å². The Morgan fingerprint density at radius 2 is 1.74 bits per heavy atom. The second-order valence-corrected chi connectivity index (χ2v) is 6.37. The molecule has 0 atom stereocenters. The van der Waals surface area contributed by atoms with Crippen molar-refractivity contribution in [3.05, 3.63) is 55.7 Å². The summed E-state index contributed by atoms with van der Waals surface area (Å²) in [6, 6.07) is 8.39. The van der Waals surface area contributed by atoms with Crippen molar-refractivity contribution in [2.75, 3.05) is 0 Å². The van der Waals surface area contributed by atoms with E-state index in [0.717, 1.165) is 15.4 Å². The zero-order chi connectivity index (χ0) is 14.0. The van der Waals surface area contributed by atoms with E-state index in [9.17, 15) is 4.39 Å². The summed E-state index contributed by atoms with van der Waals surface area (Å²) in [6.07, 6.45) is 0. The smallest absolute Gasteiger partial charge is 0.145 e. The fourth-order valence-electron chi connectivity index (χ4n) is 1.41. The normalized spacial score (nSPS) is 10.6. The topological polar surface area (TPSA) is 9.23 Å². The van der Waals surface area contributed by atoms with Crippen molar-refractivity contribution in [3.63, 3.8) is 0 Å². The van der Waals surface area contributed by atoms with E-state index in [1.54, 1.807) is 0 Å². The first kappa shape index (κ1) is 15.3. The van der Waals surface area contributed by atoms with Gasteiger partial charge < -0.3 is 4.74 Å². The average Bonchev–Trinajstić information content (AvgIpc) is 2.38. The molecule has 0 spiro atoms. The lowest BCUT2D eigenvalue weighted by molar-refractivity contribution is 0.470. The number of benzene rings is 2. The predicted octanol–water partition coefficient (Wildman–Crippen LogP) is 6.69. The molecule has 19 heavy (non-hydrogen) atoms. The van der Waals surface area contributed by atoms with Crippen LogP contribution in [-0.2, 0) is 5.33 Å². The molecule has 0 aliphatic rings. The Labute approximate surface area is 140 Å². The zero-order valence-electron chi connectivity index (χ0n) is 9.39. The molecule has 100 valence electrons. The van der Waals surface area contributed by atoms with Crippen LogP contribution in [0.3, 0.4) is 0 Å². The van der Waals surface area contributed by atoms with E-state index >= 15 is 0 Å². The van der Waals surface area contributed by atoms with Crippen LogP contribution in [-0.4, -0.2) is 0 Å². The highest BCUT2D eigenvalue weighted by atomic mass is 79.9. The van der Waals surface area contributed by atoms with E-state index in [4.69, 9.17) is 16.3 Å². The molecule has 0 aliphatic heterocycles. The lowest BCUT2D eigenvalue weighted by Crippen LogP contribution is -1.90. The summed E-state index contributed by atoms with van der Waals surface area (Å²) < 4.78 is 20.5. The minimum atomic E-state index is -0.520. The van der Waals surface area contributed by atoms with Gasteiger partial charge in [-0.15, -0.1) is 0 Å². The SMILES string of the molecule is Fc1cc(Oc2ccc(CBr)cc2Br)c(Br)cc1Cl. The molecule has 0 saturated carbocycles. The van der Waals surface area contributed by atoms with Crippen molar-refractivity contribution in [2.45, 2.75) is 5.33 Å². The van der Waals surface area contributed by atoms with Gasteiger partial charge in [-0.1, -0.05) is 33.6 Å². The predicted molar refractivity (Wildman–Crippen MR) is 86.0 cm³/mol. The van der Waals surface area contributed by atoms with Crippen LogP contribution in [0.4, 0.5) is 4.39 Å². The summed E-state index contributed by atoms with van der Waals surface area (Å²) in [4.78, 5) is 0. The fraction of sp³-hybridized carbons (Fsp3) is 0.0769. The van der Waals surface area contributed by atoms with Gasteiger partial charge in [-0.25, -0.2) is 4.39 Å². The summed E-state index contributed by atoms with van der Waals surface area (Å²) in [5.41, 5.74) is 1.11. The Morgan fingerprint density at radius 3 is 2.37 bits per heavy atom. The van der Waals surface area contributed by atoms with E-state index < -0.39 is 5.82 Å². The Bertz CT molecular complexity index is 619. The average molecular weight is 473 g/mol. The maximum Gasteiger partial charge on any atom is 0.145 e. The fourth-order valence-corrected chi connectivity index (χ4v) is 2.99. The molecule has 0 unspecified atom stereocenters. The third-order valence-corrected chi connectivity index (χ3v) is 4.52. The van der Waals surface area contributed by atoms with Gasteiger partial charge in [0, 0.05) is 11.4 Å². The van der Waals surface area contributed by atoms with Crippen LogP contribution >= 0.6 is 59.4 Å². The Hall–Kier alpha value is -0.100. The maximum absolute atomic E-state index is 13.4. The zero-order valence-corrected chi connectivity index (χ0v) is 14.9. The molecule has 0 fully saturated rings. The molecule has 6 heteroatoms. The molecule has 0 bridgehead atoms. The minimum absolute atomic E-state index is 0.0490. The molecule has 0 heterocycles.